The Bertz CT molecular complexity index is 1090. The minimum absolute atomic E-state index is 0.0340. The summed E-state index contributed by atoms with van der Waals surface area (Å²) < 4.78 is 16.6. The van der Waals surface area contributed by atoms with E-state index in [1.807, 2.05) is 0 Å². The molecule has 1 aromatic rings. The molecular formula is C28H38N2O7. The molecule has 1 saturated carbocycles. The van der Waals surface area contributed by atoms with E-state index in [2.05, 4.69) is 26.1 Å². The van der Waals surface area contributed by atoms with E-state index < -0.39 is 22.8 Å². The minimum Gasteiger partial charge on any atom is -0.460 e. The highest BCUT2D eigenvalue weighted by Gasteiger charge is 2.41. The number of carbonyl (C=O) groups excluding carboxylic acids is 2. The van der Waals surface area contributed by atoms with Crippen molar-refractivity contribution in [2.75, 3.05) is 20.3 Å². The van der Waals surface area contributed by atoms with Crippen LogP contribution >= 0.6 is 0 Å². The molecular weight excluding hydrogens is 476 g/mol. The maximum Gasteiger partial charge on any atom is 0.337 e. The third-order valence-corrected chi connectivity index (χ3v) is 7.35. The zero-order chi connectivity index (χ0) is 27.3. The molecule has 0 bridgehead atoms. The summed E-state index contributed by atoms with van der Waals surface area (Å²) in [7, 11) is 1.50. The number of nitro benzene ring substituents is 1. The number of esters is 2. The van der Waals surface area contributed by atoms with Crippen molar-refractivity contribution in [2.24, 2.45) is 17.8 Å². The predicted molar refractivity (Wildman–Crippen MR) is 138 cm³/mol. The summed E-state index contributed by atoms with van der Waals surface area (Å²) in [5, 5.41) is 14.7. The average Bonchev–Trinajstić information content (AvgIpc) is 2.83. The molecule has 0 aromatic heterocycles. The van der Waals surface area contributed by atoms with Gasteiger partial charge in [0.25, 0.3) is 5.69 Å². The molecule has 2 aliphatic rings. The molecule has 1 aliphatic heterocycles. The van der Waals surface area contributed by atoms with Gasteiger partial charge in [0, 0.05) is 30.6 Å². The maximum atomic E-state index is 13.8. The Morgan fingerprint density at radius 1 is 1.11 bits per heavy atom. The Balaban J connectivity index is 2.04. The first-order valence-corrected chi connectivity index (χ1v) is 12.8. The molecule has 0 spiro atoms. The Morgan fingerprint density at radius 3 is 2.41 bits per heavy atom. The zero-order valence-electron chi connectivity index (χ0n) is 22.5. The highest BCUT2D eigenvalue weighted by molar-refractivity contribution is 6.00. The lowest BCUT2D eigenvalue weighted by Gasteiger charge is -2.38. The quantitative estimate of drug-likeness (QED) is 0.211. The third kappa shape index (κ3) is 6.57. The second-order valence-corrected chi connectivity index (χ2v) is 10.4. The summed E-state index contributed by atoms with van der Waals surface area (Å²) in [4.78, 5) is 38.1. The molecule has 37 heavy (non-hydrogen) atoms. The van der Waals surface area contributed by atoms with Gasteiger partial charge in [-0.1, -0.05) is 39.3 Å². The smallest absolute Gasteiger partial charge is 0.337 e. The number of ether oxygens (including phenoxy) is 3. The minimum atomic E-state index is -0.887. The van der Waals surface area contributed by atoms with Crippen molar-refractivity contribution in [1.82, 2.24) is 5.32 Å². The number of nitrogens with one attached hydrogen (secondary N) is 1. The fourth-order valence-corrected chi connectivity index (χ4v) is 5.43. The van der Waals surface area contributed by atoms with Crippen LogP contribution in [0, 0.1) is 27.9 Å². The molecule has 1 aromatic carbocycles. The lowest BCUT2D eigenvalue weighted by molar-refractivity contribution is -0.384. The summed E-state index contributed by atoms with van der Waals surface area (Å²) in [6, 6.07) is 6.00. The van der Waals surface area contributed by atoms with E-state index in [-0.39, 0.29) is 42.1 Å². The summed E-state index contributed by atoms with van der Waals surface area (Å²) in [5.41, 5.74) is 1.83. The number of nitrogens with zero attached hydrogens (tertiary/aromatic N) is 1. The third-order valence-electron chi connectivity index (χ3n) is 7.35. The average molecular weight is 515 g/mol. The molecule has 4 atom stereocenters. The van der Waals surface area contributed by atoms with Gasteiger partial charge >= 0.3 is 11.9 Å². The molecule has 0 radical (unpaired) electrons. The lowest BCUT2D eigenvalue weighted by Crippen LogP contribution is -2.38. The number of benzene rings is 1. The highest BCUT2D eigenvalue weighted by Crippen LogP contribution is 2.42. The zero-order valence-corrected chi connectivity index (χ0v) is 22.5. The summed E-state index contributed by atoms with van der Waals surface area (Å²) in [5.74, 6) is -1.00. The normalized spacial score (nSPS) is 24.1. The van der Waals surface area contributed by atoms with Crippen LogP contribution in [0.3, 0.4) is 0 Å². The van der Waals surface area contributed by atoms with Gasteiger partial charge in [0.1, 0.15) is 12.7 Å². The SMILES string of the molecule is COCCOC(=O)C1=C(C)NC(C)=C(C(=O)O[C@@H]2C[C@@H](C)CC[C@H]2C(C)C)[C@H]1c1cccc([N+](=O)[O-])c1. The van der Waals surface area contributed by atoms with Crippen LogP contribution in [0.1, 0.15) is 65.4 Å². The molecule has 3 rings (SSSR count). The Labute approximate surface area is 218 Å². The van der Waals surface area contributed by atoms with E-state index in [0.717, 1.165) is 19.3 Å². The van der Waals surface area contributed by atoms with Crippen LogP contribution in [0.5, 0.6) is 0 Å². The van der Waals surface area contributed by atoms with Crippen LogP contribution in [-0.4, -0.2) is 43.3 Å². The van der Waals surface area contributed by atoms with E-state index >= 15 is 0 Å². The van der Waals surface area contributed by atoms with Gasteiger partial charge in [-0.2, -0.15) is 0 Å². The van der Waals surface area contributed by atoms with Gasteiger partial charge in [-0.3, -0.25) is 10.1 Å². The Kier molecular flexibility index (Phi) is 9.48. The molecule has 1 heterocycles. The van der Waals surface area contributed by atoms with E-state index in [9.17, 15) is 19.7 Å². The number of dihydropyridines is 1. The molecule has 1 fully saturated rings. The number of methoxy groups -OCH3 is 1. The van der Waals surface area contributed by atoms with Gasteiger partial charge in [0.2, 0.25) is 0 Å². The predicted octanol–water partition coefficient (Wildman–Crippen LogP) is 5.02. The first-order chi connectivity index (χ1) is 17.5. The second-order valence-electron chi connectivity index (χ2n) is 10.4. The lowest BCUT2D eigenvalue weighted by atomic mass is 9.75. The fourth-order valence-electron chi connectivity index (χ4n) is 5.43. The van der Waals surface area contributed by atoms with Gasteiger partial charge in [-0.05, 0) is 50.0 Å². The van der Waals surface area contributed by atoms with Gasteiger partial charge in [-0.25, -0.2) is 9.59 Å². The largest absolute Gasteiger partial charge is 0.460 e. The molecule has 0 unspecified atom stereocenters. The molecule has 0 amide bonds. The number of nitro groups is 1. The van der Waals surface area contributed by atoms with E-state index in [1.165, 1.54) is 19.2 Å². The number of carbonyl (C=O) groups is 2. The molecule has 9 heteroatoms. The van der Waals surface area contributed by atoms with Crippen molar-refractivity contribution in [3.63, 3.8) is 0 Å². The Hall–Kier alpha value is -3.20. The summed E-state index contributed by atoms with van der Waals surface area (Å²) >= 11 is 0. The molecule has 1 N–H and O–H groups in total. The topological polar surface area (TPSA) is 117 Å². The first-order valence-electron chi connectivity index (χ1n) is 12.8. The van der Waals surface area contributed by atoms with Crippen LogP contribution in [0.15, 0.2) is 46.8 Å². The van der Waals surface area contributed by atoms with Gasteiger partial charge in [-0.15, -0.1) is 0 Å². The second kappa shape index (κ2) is 12.4. The fraction of sp³-hybridized carbons (Fsp3) is 0.571. The van der Waals surface area contributed by atoms with E-state index in [1.54, 1.807) is 26.0 Å². The van der Waals surface area contributed by atoms with Crippen LogP contribution in [0.2, 0.25) is 0 Å². The Morgan fingerprint density at radius 2 is 1.78 bits per heavy atom. The van der Waals surface area contributed by atoms with Crippen LogP contribution < -0.4 is 5.32 Å². The molecule has 202 valence electrons. The van der Waals surface area contributed by atoms with Crippen LogP contribution in [-0.2, 0) is 23.8 Å². The van der Waals surface area contributed by atoms with E-state index in [0.29, 0.717) is 28.8 Å². The molecule has 0 saturated heterocycles. The van der Waals surface area contributed by atoms with Gasteiger partial charge < -0.3 is 19.5 Å². The van der Waals surface area contributed by atoms with Crippen molar-refractivity contribution in [3.05, 3.63) is 62.5 Å². The van der Waals surface area contributed by atoms with Crippen LogP contribution in [0.4, 0.5) is 5.69 Å². The number of non-ortho nitro benzene ring substituents is 1. The monoisotopic (exact) mass is 514 g/mol. The van der Waals surface area contributed by atoms with E-state index in [4.69, 9.17) is 14.2 Å². The van der Waals surface area contributed by atoms with Crippen LogP contribution in [0.25, 0.3) is 0 Å². The van der Waals surface area contributed by atoms with Crippen molar-refractivity contribution in [1.29, 1.82) is 0 Å². The number of allylic oxidation sites excluding steroid dienone is 2. The highest BCUT2D eigenvalue weighted by atomic mass is 16.6. The standard InChI is InChI=1S/C28H38N2O7/c1-16(2)22-11-10-17(3)14-23(22)37-28(32)25-19(5)29-18(4)24(27(31)36-13-12-35-6)26(25)20-8-7-9-21(15-20)30(33)34/h7-9,15-17,22-23,26,29H,10-14H2,1-6H3/t17-,22-,23+,26-/m0/s1. The summed E-state index contributed by atoms with van der Waals surface area (Å²) in [6.45, 7) is 10.2. The van der Waals surface area contributed by atoms with Gasteiger partial charge in [0.05, 0.1) is 28.6 Å². The van der Waals surface area contributed by atoms with Crippen molar-refractivity contribution >= 4 is 17.6 Å². The number of hydrogen-bond acceptors (Lipinski definition) is 8. The number of hydrogen-bond donors (Lipinski definition) is 1. The molecule has 9 nitrogen and oxygen atoms in total. The first kappa shape index (κ1) is 28.4. The van der Waals surface area contributed by atoms with Crippen molar-refractivity contribution in [2.45, 2.75) is 65.9 Å². The van der Waals surface area contributed by atoms with Crippen molar-refractivity contribution < 1.29 is 28.7 Å². The van der Waals surface area contributed by atoms with Gasteiger partial charge in [0.15, 0.2) is 0 Å². The number of rotatable bonds is 9. The molecule has 1 aliphatic carbocycles. The maximum absolute atomic E-state index is 13.8. The van der Waals surface area contributed by atoms with Crippen molar-refractivity contribution in [3.8, 4) is 0 Å². The summed E-state index contributed by atoms with van der Waals surface area (Å²) in [6.07, 6.45) is 2.61.